The molecule has 0 saturated carbocycles. The van der Waals surface area contributed by atoms with E-state index in [1.54, 1.807) is 18.2 Å². The Hall–Kier alpha value is -2.30. The van der Waals surface area contributed by atoms with Gasteiger partial charge >= 0.3 is 0 Å². The molecular weight excluding hydrogens is 194 g/mol. The lowest BCUT2D eigenvalue weighted by atomic mass is 10.1. The molecule has 0 aliphatic rings. The van der Waals surface area contributed by atoms with Gasteiger partial charge in [0.25, 0.3) is 5.56 Å². The molecule has 4 N–H and O–H groups in total. The highest BCUT2D eigenvalue weighted by molar-refractivity contribution is 5.98. The number of benzene rings is 1. The van der Waals surface area contributed by atoms with E-state index >= 15 is 0 Å². The van der Waals surface area contributed by atoms with Gasteiger partial charge in [-0.05, 0) is 6.07 Å². The highest BCUT2D eigenvalue weighted by Gasteiger charge is 2.07. The van der Waals surface area contributed by atoms with Gasteiger partial charge in [0.1, 0.15) is 5.69 Å². The number of nitrogens with two attached hydrogens (primary N) is 1. The van der Waals surface area contributed by atoms with E-state index in [1.807, 2.05) is 6.07 Å². The van der Waals surface area contributed by atoms with Crippen LogP contribution in [0.1, 0.15) is 0 Å². The summed E-state index contributed by atoms with van der Waals surface area (Å²) in [5, 5.41) is 3.00. The number of H-pyrrole nitrogens is 1. The van der Waals surface area contributed by atoms with E-state index in [1.165, 1.54) is 0 Å². The van der Waals surface area contributed by atoms with Crippen molar-refractivity contribution in [3.05, 3.63) is 34.6 Å². The topological polar surface area (TPSA) is 88.0 Å². The van der Waals surface area contributed by atoms with Gasteiger partial charge in [-0.15, -0.1) is 0 Å². The van der Waals surface area contributed by atoms with Crippen LogP contribution in [0, 0.1) is 0 Å². The Balaban J connectivity index is 2.83. The number of fused-ring (bicyclic) bond motifs is 1. The molecule has 0 atom stereocenters. The van der Waals surface area contributed by atoms with Crippen molar-refractivity contribution in [2.45, 2.75) is 0 Å². The zero-order valence-electron chi connectivity index (χ0n) is 7.78. The third kappa shape index (κ3) is 1.43. The number of carbonyl (C=O) groups is 1. The molecule has 0 radical (unpaired) electrons. The summed E-state index contributed by atoms with van der Waals surface area (Å²) in [6, 6.07) is 7.13. The lowest BCUT2D eigenvalue weighted by Crippen LogP contribution is -2.15. The van der Waals surface area contributed by atoms with Crippen LogP contribution in [0.25, 0.3) is 10.9 Å². The van der Waals surface area contributed by atoms with Gasteiger partial charge in [0.2, 0.25) is 6.41 Å². The average molecular weight is 203 g/mol. The van der Waals surface area contributed by atoms with E-state index in [-0.39, 0.29) is 11.4 Å². The van der Waals surface area contributed by atoms with Crippen LogP contribution in [0.5, 0.6) is 0 Å². The largest absolute Gasteiger partial charge is 0.396 e. The maximum Gasteiger partial charge on any atom is 0.274 e. The zero-order chi connectivity index (χ0) is 10.8. The summed E-state index contributed by atoms with van der Waals surface area (Å²) in [6.45, 7) is 0. The number of aromatic nitrogens is 1. The lowest BCUT2D eigenvalue weighted by Gasteiger charge is -2.06. The van der Waals surface area contributed by atoms with Crippen molar-refractivity contribution in [1.29, 1.82) is 0 Å². The highest BCUT2D eigenvalue weighted by atomic mass is 16.1. The quantitative estimate of drug-likeness (QED) is 0.627. The molecule has 0 spiro atoms. The second kappa shape index (κ2) is 3.45. The van der Waals surface area contributed by atoms with Gasteiger partial charge in [0.05, 0.1) is 11.2 Å². The maximum absolute atomic E-state index is 11.5. The molecule has 0 bridgehead atoms. The van der Waals surface area contributed by atoms with Crippen molar-refractivity contribution in [3.8, 4) is 0 Å². The van der Waals surface area contributed by atoms with Crippen molar-refractivity contribution in [3.63, 3.8) is 0 Å². The fraction of sp³-hybridized carbons (Fsp3) is 0. The minimum absolute atomic E-state index is 0.0868. The van der Waals surface area contributed by atoms with Crippen LogP contribution < -0.4 is 16.6 Å². The fourth-order valence-corrected chi connectivity index (χ4v) is 1.47. The molecule has 0 fully saturated rings. The number of nitrogen functional groups attached to an aromatic ring is 1. The Labute approximate surface area is 84.9 Å². The molecule has 0 aliphatic carbocycles. The summed E-state index contributed by atoms with van der Waals surface area (Å²) in [4.78, 5) is 24.4. The van der Waals surface area contributed by atoms with Crippen LogP contribution in [0.4, 0.5) is 11.4 Å². The second-order valence-electron chi connectivity index (χ2n) is 3.05. The summed E-state index contributed by atoms with van der Waals surface area (Å²) in [5.74, 6) is 0. The number of carbonyl (C=O) groups excluding carboxylic acids is 1. The van der Waals surface area contributed by atoms with Gasteiger partial charge < -0.3 is 16.0 Å². The number of hydrogen-bond donors (Lipinski definition) is 3. The Morgan fingerprint density at radius 1 is 1.33 bits per heavy atom. The lowest BCUT2D eigenvalue weighted by molar-refractivity contribution is -0.105. The summed E-state index contributed by atoms with van der Waals surface area (Å²) in [7, 11) is 0. The third-order valence-corrected chi connectivity index (χ3v) is 2.17. The van der Waals surface area contributed by atoms with E-state index in [0.717, 1.165) is 0 Å². The molecule has 1 aromatic carbocycles. The van der Waals surface area contributed by atoms with Crippen LogP contribution in [-0.4, -0.2) is 11.4 Å². The van der Waals surface area contributed by atoms with Crippen molar-refractivity contribution in [2.24, 2.45) is 0 Å². The first kappa shape index (κ1) is 9.26. The summed E-state index contributed by atoms with van der Waals surface area (Å²) in [5.41, 5.74) is 6.38. The minimum Gasteiger partial charge on any atom is -0.396 e. The molecule has 76 valence electrons. The SMILES string of the molecule is Nc1c(NC=O)c(=O)[nH]c2ccccc12. The molecule has 1 aromatic heterocycles. The van der Waals surface area contributed by atoms with E-state index in [4.69, 9.17) is 5.73 Å². The number of anilines is 2. The number of rotatable bonds is 2. The van der Waals surface area contributed by atoms with Gasteiger partial charge in [0.15, 0.2) is 0 Å². The normalized spacial score (nSPS) is 10.1. The first-order valence-corrected chi connectivity index (χ1v) is 4.34. The zero-order valence-corrected chi connectivity index (χ0v) is 7.78. The first-order chi connectivity index (χ1) is 7.24. The van der Waals surface area contributed by atoms with E-state index in [0.29, 0.717) is 17.3 Å². The average Bonchev–Trinajstić information content (AvgIpc) is 2.24. The first-order valence-electron chi connectivity index (χ1n) is 4.34. The van der Waals surface area contributed by atoms with Crippen molar-refractivity contribution >= 4 is 28.7 Å². The van der Waals surface area contributed by atoms with E-state index < -0.39 is 5.56 Å². The highest BCUT2D eigenvalue weighted by Crippen LogP contribution is 2.22. The summed E-state index contributed by atoms with van der Waals surface area (Å²) >= 11 is 0. The number of nitrogens with one attached hydrogen (secondary N) is 2. The Kier molecular flexibility index (Phi) is 2.13. The number of para-hydroxylation sites is 1. The van der Waals surface area contributed by atoms with Crippen LogP contribution in [-0.2, 0) is 4.79 Å². The Morgan fingerprint density at radius 3 is 2.80 bits per heavy atom. The van der Waals surface area contributed by atoms with Gasteiger partial charge in [-0.1, -0.05) is 18.2 Å². The number of amides is 1. The van der Waals surface area contributed by atoms with Crippen molar-refractivity contribution in [2.75, 3.05) is 11.1 Å². The molecule has 0 saturated heterocycles. The molecule has 5 heteroatoms. The molecule has 2 aromatic rings. The maximum atomic E-state index is 11.5. The molecule has 5 nitrogen and oxygen atoms in total. The molecule has 15 heavy (non-hydrogen) atoms. The molecular formula is C10H9N3O2. The van der Waals surface area contributed by atoms with Gasteiger partial charge in [-0.25, -0.2) is 0 Å². The van der Waals surface area contributed by atoms with Crippen LogP contribution in [0.15, 0.2) is 29.1 Å². The molecule has 1 amide bonds. The van der Waals surface area contributed by atoms with Crippen molar-refractivity contribution in [1.82, 2.24) is 4.98 Å². The molecule has 0 unspecified atom stereocenters. The molecule has 2 rings (SSSR count). The predicted octanol–water partition coefficient (Wildman–Crippen LogP) is 0.679. The van der Waals surface area contributed by atoms with Gasteiger partial charge in [-0.3, -0.25) is 9.59 Å². The van der Waals surface area contributed by atoms with Crippen LogP contribution in [0.3, 0.4) is 0 Å². The van der Waals surface area contributed by atoms with E-state index in [2.05, 4.69) is 10.3 Å². The Bertz CT molecular complexity index is 574. The predicted molar refractivity (Wildman–Crippen MR) is 58.7 cm³/mol. The fourth-order valence-electron chi connectivity index (χ4n) is 1.47. The number of hydrogen-bond acceptors (Lipinski definition) is 3. The number of aromatic amines is 1. The van der Waals surface area contributed by atoms with Crippen LogP contribution in [0.2, 0.25) is 0 Å². The standard InChI is InChI=1S/C10H9N3O2/c11-8-6-3-1-2-4-7(6)13-10(15)9(8)12-5-14/h1-5H,(H,12,14)(H3,11,13,15). The molecule has 0 aliphatic heterocycles. The van der Waals surface area contributed by atoms with Gasteiger partial charge in [-0.2, -0.15) is 0 Å². The smallest absolute Gasteiger partial charge is 0.274 e. The Morgan fingerprint density at radius 2 is 2.07 bits per heavy atom. The third-order valence-electron chi connectivity index (χ3n) is 2.17. The van der Waals surface area contributed by atoms with Gasteiger partial charge in [0, 0.05) is 5.39 Å². The van der Waals surface area contributed by atoms with E-state index in [9.17, 15) is 9.59 Å². The minimum atomic E-state index is -0.404. The van der Waals surface area contributed by atoms with Crippen LogP contribution >= 0.6 is 0 Å². The summed E-state index contributed by atoms with van der Waals surface area (Å²) in [6.07, 6.45) is 0.426. The second-order valence-corrected chi connectivity index (χ2v) is 3.05. The monoisotopic (exact) mass is 203 g/mol. The summed E-state index contributed by atoms with van der Waals surface area (Å²) < 4.78 is 0. The van der Waals surface area contributed by atoms with Crippen molar-refractivity contribution < 1.29 is 4.79 Å². The molecule has 1 heterocycles. The number of pyridine rings is 1.